The van der Waals surface area contributed by atoms with E-state index in [0.29, 0.717) is 13.1 Å². The lowest BCUT2D eigenvalue weighted by molar-refractivity contribution is -0.150. The van der Waals surface area contributed by atoms with Crippen molar-refractivity contribution in [3.8, 4) is 0 Å². The highest BCUT2D eigenvalue weighted by atomic mass is 16.2. The van der Waals surface area contributed by atoms with Crippen molar-refractivity contribution in [1.29, 1.82) is 0 Å². The lowest BCUT2D eigenvalue weighted by atomic mass is 9.94. The van der Waals surface area contributed by atoms with Gasteiger partial charge < -0.3 is 10.6 Å². The van der Waals surface area contributed by atoms with Crippen LogP contribution in [0.3, 0.4) is 0 Å². The van der Waals surface area contributed by atoms with Gasteiger partial charge in [0.05, 0.1) is 5.54 Å². The number of nitrogens with two attached hydrogens (primary N) is 1. The lowest BCUT2D eigenvalue weighted by Crippen LogP contribution is -2.66. The summed E-state index contributed by atoms with van der Waals surface area (Å²) in [5, 5.41) is 0. The second-order valence-electron chi connectivity index (χ2n) is 5.76. The van der Waals surface area contributed by atoms with E-state index in [-0.39, 0.29) is 17.5 Å². The van der Waals surface area contributed by atoms with Crippen molar-refractivity contribution in [2.45, 2.75) is 32.0 Å². The summed E-state index contributed by atoms with van der Waals surface area (Å²) in [5.41, 5.74) is 6.63. The zero-order valence-corrected chi connectivity index (χ0v) is 11.8. The van der Waals surface area contributed by atoms with Crippen LogP contribution in [-0.2, 0) is 11.3 Å². The first-order valence-electron chi connectivity index (χ1n) is 6.56. The molecule has 2 rings (SSSR count). The van der Waals surface area contributed by atoms with Gasteiger partial charge in [0, 0.05) is 32.0 Å². The van der Waals surface area contributed by atoms with Crippen molar-refractivity contribution in [2.75, 3.05) is 20.1 Å². The normalized spacial score (nSPS) is 23.7. The minimum Gasteiger partial charge on any atom is -0.331 e. The monoisotopic (exact) mass is 262 g/mol. The number of aromatic nitrogens is 1. The first-order valence-corrected chi connectivity index (χ1v) is 6.56. The number of pyridine rings is 1. The highest BCUT2D eigenvalue weighted by molar-refractivity contribution is 5.83. The summed E-state index contributed by atoms with van der Waals surface area (Å²) in [4.78, 5) is 20.6. The number of rotatable bonds is 3. The fraction of sp³-hybridized carbons (Fsp3) is 0.571. The average molecular weight is 262 g/mol. The van der Waals surface area contributed by atoms with E-state index < -0.39 is 0 Å². The molecule has 1 unspecified atom stereocenters. The van der Waals surface area contributed by atoms with Crippen LogP contribution in [-0.4, -0.2) is 52.4 Å². The van der Waals surface area contributed by atoms with Crippen LogP contribution in [0.15, 0.2) is 24.5 Å². The largest absolute Gasteiger partial charge is 0.331 e. The van der Waals surface area contributed by atoms with Crippen LogP contribution >= 0.6 is 0 Å². The number of piperazine rings is 1. The predicted molar refractivity (Wildman–Crippen MR) is 74.3 cm³/mol. The molecular formula is C14H22N4O. The maximum atomic E-state index is 12.6. The van der Waals surface area contributed by atoms with E-state index in [9.17, 15) is 4.79 Å². The van der Waals surface area contributed by atoms with E-state index in [1.54, 1.807) is 12.4 Å². The second kappa shape index (κ2) is 5.27. The fourth-order valence-electron chi connectivity index (χ4n) is 2.72. The van der Waals surface area contributed by atoms with Crippen LogP contribution in [0.4, 0.5) is 0 Å². The Balaban J connectivity index is 2.23. The van der Waals surface area contributed by atoms with E-state index in [1.165, 1.54) is 0 Å². The van der Waals surface area contributed by atoms with Crippen molar-refractivity contribution < 1.29 is 4.79 Å². The maximum absolute atomic E-state index is 12.6. The van der Waals surface area contributed by atoms with Crippen LogP contribution in [0.5, 0.6) is 0 Å². The van der Waals surface area contributed by atoms with E-state index in [2.05, 4.69) is 18.8 Å². The Hall–Kier alpha value is -1.46. The molecule has 1 aliphatic heterocycles. The maximum Gasteiger partial charge on any atom is 0.242 e. The van der Waals surface area contributed by atoms with Crippen LogP contribution in [0.1, 0.15) is 19.4 Å². The molecule has 1 aromatic rings. The second-order valence-corrected chi connectivity index (χ2v) is 5.76. The average Bonchev–Trinajstić information content (AvgIpc) is 2.35. The molecule has 5 heteroatoms. The van der Waals surface area contributed by atoms with Crippen LogP contribution in [0.2, 0.25) is 0 Å². The molecule has 0 aliphatic carbocycles. The van der Waals surface area contributed by atoms with Gasteiger partial charge in [0.25, 0.3) is 0 Å². The molecule has 0 saturated carbocycles. The zero-order chi connectivity index (χ0) is 14.0. The SMILES string of the molecule is CN1CC(C)(C)N(Cc2ccncc2)C(=O)C1CN. The smallest absolute Gasteiger partial charge is 0.242 e. The highest BCUT2D eigenvalue weighted by Crippen LogP contribution is 2.26. The number of hydrogen-bond acceptors (Lipinski definition) is 4. The van der Waals surface area contributed by atoms with E-state index in [4.69, 9.17) is 5.73 Å². The molecule has 1 aromatic heterocycles. The van der Waals surface area contributed by atoms with E-state index in [0.717, 1.165) is 12.1 Å². The first kappa shape index (κ1) is 14.0. The Morgan fingerprint density at radius 1 is 1.42 bits per heavy atom. The summed E-state index contributed by atoms with van der Waals surface area (Å²) < 4.78 is 0. The Morgan fingerprint density at radius 2 is 2.05 bits per heavy atom. The van der Waals surface area contributed by atoms with Crippen LogP contribution in [0, 0.1) is 0 Å². The lowest BCUT2D eigenvalue weighted by Gasteiger charge is -2.49. The third kappa shape index (κ3) is 2.77. The standard InChI is InChI=1S/C14H22N4O/c1-14(2)10-17(3)12(8-15)13(19)18(14)9-11-4-6-16-7-5-11/h4-7,12H,8-10,15H2,1-3H3. The minimum absolute atomic E-state index is 0.109. The van der Waals surface area contributed by atoms with Gasteiger partial charge in [-0.3, -0.25) is 14.7 Å². The molecule has 0 aromatic carbocycles. The van der Waals surface area contributed by atoms with Gasteiger partial charge in [-0.2, -0.15) is 0 Å². The highest BCUT2D eigenvalue weighted by Gasteiger charge is 2.42. The van der Waals surface area contributed by atoms with Crippen molar-refractivity contribution >= 4 is 5.91 Å². The van der Waals surface area contributed by atoms with Crippen molar-refractivity contribution in [2.24, 2.45) is 5.73 Å². The van der Waals surface area contributed by atoms with Gasteiger partial charge in [0.15, 0.2) is 0 Å². The molecule has 1 fully saturated rings. The third-order valence-corrected chi connectivity index (χ3v) is 3.76. The summed E-state index contributed by atoms with van der Waals surface area (Å²) in [6.45, 7) is 5.98. The van der Waals surface area contributed by atoms with Gasteiger partial charge in [0.2, 0.25) is 5.91 Å². The van der Waals surface area contributed by atoms with E-state index >= 15 is 0 Å². The molecule has 1 amide bonds. The molecule has 1 aliphatic rings. The molecule has 104 valence electrons. The Kier molecular flexibility index (Phi) is 3.87. The third-order valence-electron chi connectivity index (χ3n) is 3.76. The molecular weight excluding hydrogens is 240 g/mol. The van der Waals surface area contributed by atoms with Gasteiger partial charge in [-0.05, 0) is 38.6 Å². The van der Waals surface area contributed by atoms with Gasteiger partial charge in [-0.25, -0.2) is 0 Å². The molecule has 5 nitrogen and oxygen atoms in total. The molecule has 1 saturated heterocycles. The van der Waals surface area contributed by atoms with Crippen molar-refractivity contribution in [3.63, 3.8) is 0 Å². The molecule has 19 heavy (non-hydrogen) atoms. The molecule has 2 heterocycles. The summed E-state index contributed by atoms with van der Waals surface area (Å²) in [5.74, 6) is 0.109. The molecule has 0 spiro atoms. The topological polar surface area (TPSA) is 62.5 Å². The molecule has 1 atom stereocenters. The number of nitrogens with zero attached hydrogens (tertiary/aromatic N) is 3. The number of carbonyl (C=O) groups excluding carboxylic acids is 1. The van der Waals surface area contributed by atoms with Crippen molar-refractivity contribution in [3.05, 3.63) is 30.1 Å². The fourth-order valence-corrected chi connectivity index (χ4v) is 2.72. The quantitative estimate of drug-likeness (QED) is 0.859. The summed E-state index contributed by atoms with van der Waals surface area (Å²) in [6.07, 6.45) is 3.51. The summed E-state index contributed by atoms with van der Waals surface area (Å²) in [6, 6.07) is 3.67. The van der Waals surface area contributed by atoms with E-state index in [1.807, 2.05) is 29.0 Å². The molecule has 0 radical (unpaired) electrons. The van der Waals surface area contributed by atoms with Crippen LogP contribution in [0.25, 0.3) is 0 Å². The van der Waals surface area contributed by atoms with Gasteiger partial charge >= 0.3 is 0 Å². The van der Waals surface area contributed by atoms with Gasteiger partial charge in [0.1, 0.15) is 6.04 Å². The Bertz CT molecular complexity index is 446. The number of carbonyl (C=O) groups is 1. The summed E-state index contributed by atoms with van der Waals surface area (Å²) >= 11 is 0. The number of hydrogen-bond donors (Lipinski definition) is 1. The number of likely N-dealkylation sites (N-methyl/N-ethyl adjacent to an activating group) is 1. The van der Waals surface area contributed by atoms with Crippen LogP contribution < -0.4 is 5.73 Å². The van der Waals surface area contributed by atoms with Crippen molar-refractivity contribution in [1.82, 2.24) is 14.8 Å². The Morgan fingerprint density at radius 3 is 2.63 bits per heavy atom. The molecule has 2 N–H and O–H groups in total. The van der Waals surface area contributed by atoms with Gasteiger partial charge in [-0.15, -0.1) is 0 Å². The minimum atomic E-state index is -0.213. The van der Waals surface area contributed by atoms with Gasteiger partial charge in [-0.1, -0.05) is 0 Å². The molecule has 0 bridgehead atoms. The predicted octanol–water partition coefficient (Wildman–Crippen LogP) is 0.462. The Labute approximate surface area is 114 Å². The summed E-state index contributed by atoms with van der Waals surface area (Å²) in [7, 11) is 1.96. The zero-order valence-electron chi connectivity index (χ0n) is 11.8. The first-order chi connectivity index (χ1) is 8.95. The number of amides is 1.